The summed E-state index contributed by atoms with van der Waals surface area (Å²) in [5.41, 5.74) is 12.8. The van der Waals surface area contributed by atoms with Crippen molar-refractivity contribution < 1.29 is 10.2 Å². The van der Waals surface area contributed by atoms with E-state index in [-0.39, 0.29) is 6.04 Å². The lowest BCUT2D eigenvalue weighted by atomic mass is 10.1. The van der Waals surface area contributed by atoms with Gasteiger partial charge in [-0.1, -0.05) is 0 Å². The van der Waals surface area contributed by atoms with Gasteiger partial charge >= 0.3 is 0 Å². The van der Waals surface area contributed by atoms with Crippen LogP contribution in [0.4, 0.5) is 11.4 Å². The molecule has 1 saturated heterocycles. The van der Waals surface area contributed by atoms with E-state index in [0.29, 0.717) is 18.8 Å². The van der Waals surface area contributed by atoms with Gasteiger partial charge in [0.1, 0.15) is 6.10 Å². The monoisotopic (exact) mass is 223 g/mol. The molecule has 6 N–H and O–H groups in total. The number of β-amino-alcohol motifs (C(OH)–C–C–N with tert-alkyl or cyclic N) is 1. The molecule has 88 valence electrons. The Morgan fingerprint density at radius 1 is 1.25 bits per heavy atom. The van der Waals surface area contributed by atoms with E-state index < -0.39 is 12.2 Å². The molecule has 16 heavy (non-hydrogen) atoms. The van der Waals surface area contributed by atoms with E-state index >= 15 is 0 Å². The molecule has 5 heteroatoms. The van der Waals surface area contributed by atoms with E-state index in [1.54, 1.807) is 12.1 Å². The van der Waals surface area contributed by atoms with E-state index in [9.17, 15) is 10.2 Å². The highest BCUT2D eigenvalue weighted by Gasteiger charge is 2.38. The van der Waals surface area contributed by atoms with Gasteiger partial charge in [-0.15, -0.1) is 0 Å². The minimum Gasteiger partial charge on any atom is -0.399 e. The summed E-state index contributed by atoms with van der Waals surface area (Å²) in [7, 11) is 0. The molecular formula is C11H17N3O2. The van der Waals surface area contributed by atoms with E-state index in [2.05, 4.69) is 0 Å². The maximum atomic E-state index is 9.75. The molecule has 5 nitrogen and oxygen atoms in total. The lowest BCUT2D eigenvalue weighted by molar-refractivity contribution is 0.0424. The summed E-state index contributed by atoms with van der Waals surface area (Å²) in [6, 6.07) is 7.07. The molecule has 1 aromatic rings. The van der Waals surface area contributed by atoms with Crippen molar-refractivity contribution in [3.8, 4) is 0 Å². The first kappa shape index (κ1) is 11.2. The van der Waals surface area contributed by atoms with Gasteiger partial charge < -0.3 is 26.6 Å². The topological polar surface area (TPSA) is 95.7 Å². The van der Waals surface area contributed by atoms with Crippen LogP contribution in [-0.2, 0) is 0 Å². The molecule has 1 aliphatic rings. The Hall–Kier alpha value is -1.30. The summed E-state index contributed by atoms with van der Waals surface area (Å²) in [4.78, 5) is 1.91. The van der Waals surface area contributed by atoms with Gasteiger partial charge in [0.25, 0.3) is 0 Å². The maximum absolute atomic E-state index is 9.75. The van der Waals surface area contributed by atoms with Crippen LogP contribution in [0.5, 0.6) is 0 Å². The summed E-state index contributed by atoms with van der Waals surface area (Å²) in [5.74, 6) is 0. The van der Waals surface area contributed by atoms with Crippen LogP contribution in [0.15, 0.2) is 24.3 Å². The van der Waals surface area contributed by atoms with Crippen LogP contribution in [0.3, 0.4) is 0 Å². The van der Waals surface area contributed by atoms with Crippen LogP contribution in [-0.4, -0.2) is 41.6 Å². The standard InChI is InChI=1S/C11H17N3O2/c12-5-9-11(16)10(15)6-14(9)8-3-1-7(13)2-4-8/h1-4,9-11,15-16H,5-6,12-13H2. The van der Waals surface area contributed by atoms with Crippen LogP contribution in [0.1, 0.15) is 0 Å². The van der Waals surface area contributed by atoms with Crippen molar-refractivity contribution in [3.05, 3.63) is 24.3 Å². The van der Waals surface area contributed by atoms with Crippen LogP contribution in [0.25, 0.3) is 0 Å². The first-order valence-corrected chi connectivity index (χ1v) is 5.32. The van der Waals surface area contributed by atoms with Gasteiger partial charge in [-0.05, 0) is 24.3 Å². The summed E-state index contributed by atoms with van der Waals surface area (Å²) in [5, 5.41) is 19.4. The van der Waals surface area contributed by atoms with Crippen molar-refractivity contribution in [1.82, 2.24) is 0 Å². The van der Waals surface area contributed by atoms with Crippen LogP contribution in [0.2, 0.25) is 0 Å². The molecule has 0 aromatic heterocycles. The Labute approximate surface area is 94.3 Å². The minimum absolute atomic E-state index is 0.237. The smallest absolute Gasteiger partial charge is 0.103 e. The molecule has 0 spiro atoms. The third-order valence-electron chi connectivity index (χ3n) is 3.04. The number of anilines is 2. The predicted molar refractivity (Wildman–Crippen MR) is 63.1 cm³/mol. The number of benzene rings is 1. The number of nitrogens with two attached hydrogens (primary N) is 2. The molecule has 2 rings (SSSR count). The number of aliphatic hydroxyl groups is 2. The fourth-order valence-corrected chi connectivity index (χ4v) is 2.12. The number of hydrogen-bond acceptors (Lipinski definition) is 5. The predicted octanol–water partition coefficient (Wildman–Crippen LogP) is -0.862. The van der Waals surface area contributed by atoms with Crippen molar-refractivity contribution in [3.63, 3.8) is 0 Å². The Balaban J connectivity index is 2.23. The van der Waals surface area contributed by atoms with E-state index in [1.807, 2.05) is 17.0 Å². The summed E-state index contributed by atoms with van der Waals surface area (Å²) < 4.78 is 0. The molecule has 3 unspecified atom stereocenters. The van der Waals surface area contributed by atoms with E-state index in [0.717, 1.165) is 5.69 Å². The highest BCUT2D eigenvalue weighted by atomic mass is 16.3. The van der Waals surface area contributed by atoms with Gasteiger partial charge in [-0.2, -0.15) is 0 Å². The first-order chi connectivity index (χ1) is 7.63. The highest BCUT2D eigenvalue weighted by Crippen LogP contribution is 2.26. The molecule has 0 bridgehead atoms. The van der Waals surface area contributed by atoms with Gasteiger partial charge in [0, 0.05) is 24.5 Å². The van der Waals surface area contributed by atoms with Crippen molar-refractivity contribution in [2.45, 2.75) is 18.2 Å². The number of nitrogen functional groups attached to an aromatic ring is 1. The fraction of sp³-hybridized carbons (Fsp3) is 0.455. The third kappa shape index (κ3) is 1.84. The SMILES string of the molecule is NCC1C(O)C(O)CN1c1ccc(N)cc1. The Bertz CT molecular complexity index is 355. The molecule has 3 atom stereocenters. The molecule has 1 aliphatic heterocycles. The zero-order valence-corrected chi connectivity index (χ0v) is 8.95. The van der Waals surface area contributed by atoms with Crippen LogP contribution < -0.4 is 16.4 Å². The molecule has 1 aromatic carbocycles. The first-order valence-electron chi connectivity index (χ1n) is 5.32. The van der Waals surface area contributed by atoms with Crippen molar-refractivity contribution in [2.24, 2.45) is 5.73 Å². The Morgan fingerprint density at radius 2 is 1.88 bits per heavy atom. The second-order valence-corrected chi connectivity index (χ2v) is 4.10. The van der Waals surface area contributed by atoms with Crippen LogP contribution >= 0.6 is 0 Å². The quantitative estimate of drug-likeness (QED) is 0.489. The number of aliphatic hydroxyl groups excluding tert-OH is 2. The minimum atomic E-state index is -0.789. The second kappa shape index (κ2) is 4.29. The average molecular weight is 223 g/mol. The molecule has 1 fully saturated rings. The van der Waals surface area contributed by atoms with Crippen molar-refractivity contribution in [1.29, 1.82) is 0 Å². The molecule has 0 radical (unpaired) electrons. The summed E-state index contributed by atoms with van der Waals surface area (Å²) >= 11 is 0. The summed E-state index contributed by atoms with van der Waals surface area (Å²) in [6.45, 7) is 0.704. The number of rotatable bonds is 2. The lowest BCUT2D eigenvalue weighted by Crippen LogP contribution is -2.42. The third-order valence-corrected chi connectivity index (χ3v) is 3.04. The summed E-state index contributed by atoms with van der Waals surface area (Å²) in [6.07, 6.45) is -1.53. The second-order valence-electron chi connectivity index (χ2n) is 4.10. The maximum Gasteiger partial charge on any atom is 0.103 e. The molecule has 0 aliphatic carbocycles. The van der Waals surface area contributed by atoms with Gasteiger partial charge in [0.2, 0.25) is 0 Å². The van der Waals surface area contributed by atoms with E-state index in [4.69, 9.17) is 11.5 Å². The molecule has 0 saturated carbocycles. The van der Waals surface area contributed by atoms with Crippen molar-refractivity contribution in [2.75, 3.05) is 23.7 Å². The number of nitrogens with zero attached hydrogens (tertiary/aromatic N) is 1. The number of hydrogen-bond donors (Lipinski definition) is 4. The van der Waals surface area contributed by atoms with Gasteiger partial charge in [0.15, 0.2) is 0 Å². The largest absolute Gasteiger partial charge is 0.399 e. The Morgan fingerprint density at radius 3 is 2.44 bits per heavy atom. The van der Waals surface area contributed by atoms with Gasteiger partial charge in [-0.3, -0.25) is 0 Å². The van der Waals surface area contributed by atoms with Crippen LogP contribution in [0, 0.1) is 0 Å². The highest BCUT2D eigenvalue weighted by molar-refractivity contribution is 5.55. The van der Waals surface area contributed by atoms with E-state index in [1.165, 1.54) is 0 Å². The zero-order chi connectivity index (χ0) is 11.7. The molecule has 1 heterocycles. The molecule has 0 amide bonds. The molecular weight excluding hydrogens is 206 g/mol. The van der Waals surface area contributed by atoms with Crippen molar-refractivity contribution >= 4 is 11.4 Å². The normalized spacial score (nSPS) is 29.7. The average Bonchev–Trinajstić information content (AvgIpc) is 2.56. The Kier molecular flexibility index (Phi) is 3.00. The van der Waals surface area contributed by atoms with Gasteiger partial charge in [-0.25, -0.2) is 0 Å². The van der Waals surface area contributed by atoms with Gasteiger partial charge in [0.05, 0.1) is 12.1 Å². The lowest BCUT2D eigenvalue weighted by Gasteiger charge is -2.26. The fourth-order valence-electron chi connectivity index (χ4n) is 2.12. The zero-order valence-electron chi connectivity index (χ0n) is 8.95.